The number of thioether (sulfide) groups is 1. The van der Waals surface area contributed by atoms with Gasteiger partial charge < -0.3 is 5.32 Å². The monoisotopic (exact) mass is 303 g/mol. The molecule has 1 fully saturated rings. The van der Waals surface area contributed by atoms with Gasteiger partial charge >= 0.3 is 0 Å². The van der Waals surface area contributed by atoms with Crippen molar-refractivity contribution in [3.8, 4) is 0 Å². The minimum Gasteiger partial charge on any atom is -0.309 e. The van der Waals surface area contributed by atoms with Gasteiger partial charge in [0, 0.05) is 21.3 Å². The van der Waals surface area contributed by atoms with Crippen LogP contribution < -0.4 is 5.32 Å². The third kappa shape index (κ3) is 3.57. The number of halogens is 2. The van der Waals surface area contributed by atoms with Gasteiger partial charge in [-0.25, -0.2) is 0 Å². The van der Waals surface area contributed by atoms with E-state index in [1.165, 1.54) is 18.6 Å². The van der Waals surface area contributed by atoms with Crippen molar-refractivity contribution in [1.29, 1.82) is 0 Å². The van der Waals surface area contributed by atoms with Crippen molar-refractivity contribution in [2.45, 2.75) is 37.5 Å². The lowest BCUT2D eigenvalue weighted by Crippen LogP contribution is -2.30. The summed E-state index contributed by atoms with van der Waals surface area (Å²) >= 11 is 14.5. The average molecular weight is 304 g/mol. The van der Waals surface area contributed by atoms with Gasteiger partial charge in [-0.3, -0.25) is 0 Å². The SMILES string of the molecule is CCCNC(c1cc(Cl)ccc1Cl)C1CCCS1. The standard InChI is InChI=1S/C14H19Cl2NS/c1-2-7-17-14(13-4-3-8-18-13)11-9-10(15)5-6-12(11)16/h5-6,9,13-14,17H,2-4,7-8H2,1H3. The molecule has 0 amide bonds. The molecule has 1 saturated heterocycles. The highest BCUT2D eigenvalue weighted by Gasteiger charge is 2.28. The van der Waals surface area contributed by atoms with Gasteiger partial charge in [0.05, 0.1) is 0 Å². The highest BCUT2D eigenvalue weighted by atomic mass is 35.5. The van der Waals surface area contributed by atoms with Crippen LogP contribution >= 0.6 is 35.0 Å². The second kappa shape index (κ2) is 7.04. The normalized spacial score (nSPS) is 21.2. The molecule has 0 spiro atoms. The van der Waals surface area contributed by atoms with Crippen molar-refractivity contribution >= 4 is 35.0 Å². The van der Waals surface area contributed by atoms with Gasteiger partial charge in [-0.2, -0.15) is 11.8 Å². The molecule has 0 bridgehead atoms. The lowest BCUT2D eigenvalue weighted by atomic mass is 10.0. The van der Waals surface area contributed by atoms with Gasteiger partial charge in [-0.1, -0.05) is 30.1 Å². The molecule has 4 heteroatoms. The Bertz CT molecular complexity index is 391. The molecule has 1 heterocycles. The average Bonchev–Trinajstić information content (AvgIpc) is 2.88. The maximum atomic E-state index is 6.34. The van der Waals surface area contributed by atoms with Crippen molar-refractivity contribution in [1.82, 2.24) is 5.32 Å². The molecule has 1 aromatic rings. The first-order chi connectivity index (χ1) is 8.72. The highest BCUT2D eigenvalue weighted by Crippen LogP contribution is 2.39. The van der Waals surface area contributed by atoms with Crippen LogP contribution in [-0.4, -0.2) is 17.5 Å². The Labute approximate surface area is 124 Å². The molecule has 0 aromatic heterocycles. The molecule has 18 heavy (non-hydrogen) atoms. The van der Waals surface area contributed by atoms with Crippen LogP contribution in [0.4, 0.5) is 0 Å². The van der Waals surface area contributed by atoms with Crippen LogP contribution in [0.3, 0.4) is 0 Å². The predicted octanol–water partition coefficient (Wildman–Crippen LogP) is 4.93. The van der Waals surface area contributed by atoms with Crippen LogP contribution in [0.5, 0.6) is 0 Å². The minimum absolute atomic E-state index is 0.323. The van der Waals surface area contributed by atoms with Gasteiger partial charge in [0.15, 0.2) is 0 Å². The van der Waals surface area contributed by atoms with E-state index in [1.807, 2.05) is 30.0 Å². The van der Waals surface area contributed by atoms with E-state index in [-0.39, 0.29) is 0 Å². The third-order valence-corrected chi connectivity index (χ3v) is 5.28. The molecule has 1 N–H and O–H groups in total. The number of benzene rings is 1. The zero-order valence-electron chi connectivity index (χ0n) is 10.6. The Morgan fingerprint density at radius 1 is 1.44 bits per heavy atom. The molecule has 1 aliphatic heterocycles. The Hall–Kier alpha value is 0.110. The van der Waals surface area contributed by atoms with Gasteiger partial charge in [0.2, 0.25) is 0 Å². The van der Waals surface area contributed by atoms with E-state index in [1.54, 1.807) is 0 Å². The Morgan fingerprint density at radius 3 is 2.94 bits per heavy atom. The fourth-order valence-corrected chi connectivity index (χ4v) is 4.18. The second-order valence-electron chi connectivity index (χ2n) is 4.65. The maximum absolute atomic E-state index is 6.34. The van der Waals surface area contributed by atoms with Crippen molar-refractivity contribution in [2.24, 2.45) is 0 Å². The summed E-state index contributed by atoms with van der Waals surface area (Å²) in [7, 11) is 0. The maximum Gasteiger partial charge on any atom is 0.0455 e. The van der Waals surface area contributed by atoms with Gasteiger partial charge in [-0.15, -0.1) is 0 Å². The molecule has 2 atom stereocenters. The smallest absolute Gasteiger partial charge is 0.0455 e. The van der Waals surface area contributed by atoms with Gasteiger partial charge in [0.1, 0.15) is 0 Å². The summed E-state index contributed by atoms with van der Waals surface area (Å²) in [5.41, 5.74) is 1.15. The molecule has 1 aromatic carbocycles. The van der Waals surface area contributed by atoms with E-state index < -0.39 is 0 Å². The van der Waals surface area contributed by atoms with Crippen molar-refractivity contribution in [3.63, 3.8) is 0 Å². The Kier molecular flexibility index (Phi) is 5.68. The largest absolute Gasteiger partial charge is 0.309 e. The summed E-state index contributed by atoms with van der Waals surface area (Å²) in [6, 6.07) is 6.09. The molecule has 1 aliphatic rings. The van der Waals surface area contributed by atoms with Crippen molar-refractivity contribution in [2.75, 3.05) is 12.3 Å². The number of rotatable bonds is 5. The molecule has 0 saturated carbocycles. The molecular weight excluding hydrogens is 285 g/mol. The Morgan fingerprint density at radius 2 is 2.28 bits per heavy atom. The summed E-state index contributed by atoms with van der Waals surface area (Å²) in [6.45, 7) is 3.20. The van der Waals surface area contributed by atoms with Crippen molar-refractivity contribution < 1.29 is 0 Å². The fraction of sp³-hybridized carbons (Fsp3) is 0.571. The summed E-state index contributed by atoms with van der Waals surface area (Å²) < 4.78 is 0. The van der Waals surface area contributed by atoms with E-state index in [0.717, 1.165) is 28.6 Å². The number of nitrogens with one attached hydrogen (secondary N) is 1. The zero-order valence-corrected chi connectivity index (χ0v) is 12.9. The molecule has 0 aliphatic carbocycles. The summed E-state index contributed by atoms with van der Waals surface area (Å²) in [6.07, 6.45) is 3.69. The van der Waals surface area contributed by atoms with E-state index >= 15 is 0 Å². The molecule has 2 rings (SSSR count). The van der Waals surface area contributed by atoms with E-state index in [2.05, 4.69) is 12.2 Å². The highest BCUT2D eigenvalue weighted by molar-refractivity contribution is 8.00. The summed E-state index contributed by atoms with van der Waals surface area (Å²) in [4.78, 5) is 0. The van der Waals surface area contributed by atoms with Crippen LogP contribution in [0, 0.1) is 0 Å². The molecule has 100 valence electrons. The summed E-state index contributed by atoms with van der Waals surface area (Å²) in [5.74, 6) is 1.26. The quantitative estimate of drug-likeness (QED) is 0.828. The first-order valence-electron chi connectivity index (χ1n) is 6.52. The summed E-state index contributed by atoms with van der Waals surface area (Å²) in [5, 5.41) is 5.83. The Balaban J connectivity index is 2.23. The first-order valence-corrected chi connectivity index (χ1v) is 8.32. The van der Waals surface area contributed by atoms with E-state index in [0.29, 0.717) is 11.3 Å². The fourth-order valence-electron chi connectivity index (χ4n) is 2.36. The lowest BCUT2D eigenvalue weighted by molar-refractivity contribution is 0.503. The molecule has 1 nitrogen and oxygen atoms in total. The van der Waals surface area contributed by atoms with E-state index in [4.69, 9.17) is 23.2 Å². The van der Waals surface area contributed by atoms with Crippen LogP contribution in [0.25, 0.3) is 0 Å². The van der Waals surface area contributed by atoms with Crippen LogP contribution in [0.1, 0.15) is 37.8 Å². The topological polar surface area (TPSA) is 12.0 Å². The number of hydrogen-bond acceptors (Lipinski definition) is 2. The van der Waals surface area contributed by atoms with E-state index in [9.17, 15) is 0 Å². The van der Waals surface area contributed by atoms with Gasteiger partial charge in [-0.05, 0) is 55.3 Å². The van der Waals surface area contributed by atoms with Crippen LogP contribution in [0.15, 0.2) is 18.2 Å². The molecular formula is C14H19Cl2NS. The predicted molar refractivity (Wildman–Crippen MR) is 83.0 cm³/mol. The lowest BCUT2D eigenvalue weighted by Gasteiger charge is -2.25. The number of hydrogen-bond donors (Lipinski definition) is 1. The van der Waals surface area contributed by atoms with Crippen LogP contribution in [-0.2, 0) is 0 Å². The van der Waals surface area contributed by atoms with Gasteiger partial charge in [0.25, 0.3) is 0 Å². The van der Waals surface area contributed by atoms with Crippen LogP contribution in [0.2, 0.25) is 10.0 Å². The third-order valence-electron chi connectivity index (χ3n) is 3.24. The zero-order chi connectivity index (χ0) is 13.0. The second-order valence-corrected chi connectivity index (χ2v) is 6.84. The molecule has 2 unspecified atom stereocenters. The minimum atomic E-state index is 0.323. The first kappa shape index (κ1) is 14.5. The molecule has 0 radical (unpaired) electrons. The van der Waals surface area contributed by atoms with Crippen molar-refractivity contribution in [3.05, 3.63) is 33.8 Å².